The minimum absolute atomic E-state index is 0.0127. The van der Waals surface area contributed by atoms with Crippen molar-refractivity contribution in [1.29, 1.82) is 0 Å². The van der Waals surface area contributed by atoms with Gasteiger partial charge < -0.3 is 26.0 Å². The molecule has 0 heterocycles. The van der Waals surface area contributed by atoms with Gasteiger partial charge in [-0.25, -0.2) is 0 Å². The molecule has 0 aliphatic heterocycles. The van der Waals surface area contributed by atoms with Gasteiger partial charge in [0, 0.05) is 0 Å². The standard InChI is InChI=1S/C27H35BrN4O5/c1-17-5-7-21(8-6-17)13-22-9-11-23(12-10-22)15-37-16-29-25(34)18(2)31-27(36)20(4)32-26(35)19(3)30-24(33)14-28/h5-12,18-20H,13-16H2,1-4H3,(H,29,34)(H,30,33)(H,31,36)(H,32,35)/t18-,19-,20-/m0/s1. The van der Waals surface area contributed by atoms with Gasteiger partial charge in [-0.3, -0.25) is 19.2 Å². The molecule has 0 aromatic heterocycles. The number of aryl methyl sites for hydroxylation is 1. The monoisotopic (exact) mass is 574 g/mol. The summed E-state index contributed by atoms with van der Waals surface area (Å²) in [7, 11) is 0. The Labute approximate surface area is 226 Å². The quantitative estimate of drug-likeness (QED) is 0.165. The molecule has 9 nitrogen and oxygen atoms in total. The molecular formula is C27H35BrN4O5. The van der Waals surface area contributed by atoms with E-state index in [1.54, 1.807) is 0 Å². The molecule has 4 N–H and O–H groups in total. The largest absolute Gasteiger partial charge is 0.357 e. The van der Waals surface area contributed by atoms with E-state index in [0.29, 0.717) is 6.61 Å². The number of amides is 4. The molecule has 4 amide bonds. The van der Waals surface area contributed by atoms with E-state index in [2.05, 4.69) is 80.5 Å². The highest BCUT2D eigenvalue weighted by molar-refractivity contribution is 9.09. The molecular weight excluding hydrogens is 540 g/mol. The van der Waals surface area contributed by atoms with Crippen LogP contribution < -0.4 is 21.3 Å². The van der Waals surface area contributed by atoms with Gasteiger partial charge in [-0.2, -0.15) is 0 Å². The molecule has 3 atom stereocenters. The normalized spacial score (nSPS) is 13.1. The molecule has 2 rings (SSSR count). The van der Waals surface area contributed by atoms with Crippen LogP contribution in [-0.2, 0) is 36.9 Å². The first kappa shape index (κ1) is 30.0. The molecule has 2 aromatic rings. The number of carbonyl (C=O) groups excluding carboxylic acids is 4. The van der Waals surface area contributed by atoms with Gasteiger partial charge in [-0.1, -0.05) is 70.0 Å². The molecule has 0 radical (unpaired) electrons. The maximum atomic E-state index is 12.3. The molecule has 0 unspecified atom stereocenters. The summed E-state index contributed by atoms with van der Waals surface area (Å²) in [5.74, 6) is -1.80. The van der Waals surface area contributed by atoms with E-state index in [0.717, 1.165) is 12.0 Å². The molecule has 0 spiro atoms. The molecule has 0 aliphatic rings. The van der Waals surface area contributed by atoms with Crippen LogP contribution in [0, 0.1) is 6.92 Å². The maximum Gasteiger partial charge on any atom is 0.244 e. The highest BCUT2D eigenvalue weighted by atomic mass is 79.9. The zero-order chi connectivity index (χ0) is 27.4. The van der Waals surface area contributed by atoms with Gasteiger partial charge in [-0.15, -0.1) is 0 Å². The molecule has 0 aliphatic carbocycles. The fourth-order valence-corrected chi connectivity index (χ4v) is 3.45. The Morgan fingerprint density at radius 2 is 1.19 bits per heavy atom. The third-order valence-corrected chi connectivity index (χ3v) is 6.07. The van der Waals surface area contributed by atoms with Crippen molar-refractivity contribution in [1.82, 2.24) is 21.3 Å². The van der Waals surface area contributed by atoms with Crippen molar-refractivity contribution in [3.8, 4) is 0 Å². The van der Waals surface area contributed by atoms with Crippen molar-refractivity contribution in [2.24, 2.45) is 0 Å². The van der Waals surface area contributed by atoms with E-state index in [1.165, 1.54) is 37.5 Å². The summed E-state index contributed by atoms with van der Waals surface area (Å²) in [5.41, 5.74) is 4.68. The Hall–Kier alpha value is -3.24. The number of benzene rings is 2. The molecule has 10 heteroatoms. The van der Waals surface area contributed by atoms with Crippen LogP contribution >= 0.6 is 15.9 Å². The first-order valence-corrected chi connectivity index (χ1v) is 13.2. The van der Waals surface area contributed by atoms with Crippen molar-refractivity contribution in [3.05, 3.63) is 70.8 Å². The summed E-state index contributed by atoms with van der Waals surface area (Å²) in [6.07, 6.45) is 0.857. The van der Waals surface area contributed by atoms with Crippen LogP contribution in [-0.4, -0.2) is 53.8 Å². The van der Waals surface area contributed by atoms with Crippen molar-refractivity contribution >= 4 is 39.6 Å². The number of alkyl halides is 1. The molecule has 37 heavy (non-hydrogen) atoms. The molecule has 0 saturated carbocycles. The van der Waals surface area contributed by atoms with Gasteiger partial charge >= 0.3 is 0 Å². The van der Waals surface area contributed by atoms with Crippen molar-refractivity contribution in [2.45, 2.75) is 58.8 Å². The zero-order valence-corrected chi connectivity index (χ0v) is 23.2. The predicted molar refractivity (Wildman–Crippen MR) is 145 cm³/mol. The minimum atomic E-state index is -0.892. The highest BCUT2D eigenvalue weighted by Gasteiger charge is 2.23. The van der Waals surface area contributed by atoms with Crippen LogP contribution in [0.3, 0.4) is 0 Å². The summed E-state index contributed by atoms with van der Waals surface area (Å²) < 4.78 is 5.54. The van der Waals surface area contributed by atoms with Gasteiger partial charge in [0.25, 0.3) is 0 Å². The number of ether oxygens (including phenoxy) is 1. The number of halogens is 1. The van der Waals surface area contributed by atoms with E-state index < -0.39 is 35.8 Å². The highest BCUT2D eigenvalue weighted by Crippen LogP contribution is 2.12. The Kier molecular flexibility index (Phi) is 12.2. The average molecular weight is 576 g/mol. The number of hydrogen-bond donors (Lipinski definition) is 4. The average Bonchev–Trinajstić information content (AvgIpc) is 2.88. The van der Waals surface area contributed by atoms with Crippen molar-refractivity contribution in [3.63, 3.8) is 0 Å². The fourth-order valence-electron chi connectivity index (χ4n) is 3.29. The first-order chi connectivity index (χ1) is 17.6. The maximum absolute atomic E-state index is 12.3. The Morgan fingerprint density at radius 1 is 0.730 bits per heavy atom. The molecule has 0 bridgehead atoms. The van der Waals surface area contributed by atoms with Crippen LogP contribution in [0.1, 0.15) is 43.0 Å². The predicted octanol–water partition coefficient (Wildman–Crippen LogP) is 2.09. The molecule has 0 fully saturated rings. The zero-order valence-electron chi connectivity index (χ0n) is 21.6. The number of rotatable bonds is 13. The van der Waals surface area contributed by atoms with E-state index in [-0.39, 0.29) is 18.0 Å². The molecule has 0 saturated heterocycles. The summed E-state index contributed by atoms with van der Waals surface area (Å²) in [5, 5.41) is 10.2. The first-order valence-electron chi connectivity index (χ1n) is 12.0. The van der Waals surface area contributed by atoms with Crippen LogP contribution in [0.25, 0.3) is 0 Å². The van der Waals surface area contributed by atoms with Crippen LogP contribution in [0.4, 0.5) is 0 Å². The van der Waals surface area contributed by atoms with E-state index in [4.69, 9.17) is 4.74 Å². The topological polar surface area (TPSA) is 126 Å². The van der Waals surface area contributed by atoms with E-state index >= 15 is 0 Å². The van der Waals surface area contributed by atoms with Gasteiger partial charge in [0.15, 0.2) is 0 Å². The number of nitrogens with one attached hydrogen (secondary N) is 4. The van der Waals surface area contributed by atoms with Crippen molar-refractivity contribution < 1.29 is 23.9 Å². The summed E-state index contributed by atoms with van der Waals surface area (Å²) >= 11 is 3.00. The van der Waals surface area contributed by atoms with Crippen molar-refractivity contribution in [2.75, 3.05) is 12.1 Å². The third kappa shape index (κ3) is 10.7. The van der Waals surface area contributed by atoms with Crippen LogP contribution in [0.2, 0.25) is 0 Å². The van der Waals surface area contributed by atoms with Gasteiger partial charge in [0.2, 0.25) is 23.6 Å². The molecule has 2 aromatic carbocycles. The summed E-state index contributed by atoms with van der Waals surface area (Å²) in [6.45, 7) is 6.93. The molecule has 200 valence electrons. The second kappa shape index (κ2) is 15.1. The Bertz CT molecular complexity index is 1060. The van der Waals surface area contributed by atoms with E-state index in [1.807, 2.05) is 12.1 Å². The second-order valence-corrected chi connectivity index (χ2v) is 9.46. The lowest BCUT2D eigenvalue weighted by atomic mass is 10.0. The van der Waals surface area contributed by atoms with Gasteiger partial charge in [-0.05, 0) is 50.8 Å². The minimum Gasteiger partial charge on any atom is -0.357 e. The van der Waals surface area contributed by atoms with Gasteiger partial charge in [0.05, 0.1) is 11.9 Å². The lowest BCUT2D eigenvalue weighted by Crippen LogP contribution is -2.54. The third-order valence-electron chi connectivity index (χ3n) is 5.57. The number of hydrogen-bond acceptors (Lipinski definition) is 5. The Balaban J connectivity index is 1.68. The SMILES string of the molecule is Cc1ccc(Cc2ccc(COCNC(=O)[C@H](C)NC(=O)[C@H](C)NC(=O)[C@H](C)NC(=O)CBr)cc2)cc1. The Morgan fingerprint density at radius 3 is 1.73 bits per heavy atom. The van der Waals surface area contributed by atoms with Gasteiger partial charge in [0.1, 0.15) is 24.9 Å². The lowest BCUT2D eigenvalue weighted by Gasteiger charge is -2.20. The van der Waals surface area contributed by atoms with Crippen LogP contribution in [0.5, 0.6) is 0 Å². The second-order valence-electron chi connectivity index (χ2n) is 8.90. The van der Waals surface area contributed by atoms with Crippen LogP contribution in [0.15, 0.2) is 48.5 Å². The number of carbonyl (C=O) groups is 4. The fraction of sp³-hybridized carbons (Fsp3) is 0.407. The van der Waals surface area contributed by atoms with E-state index in [9.17, 15) is 19.2 Å². The lowest BCUT2D eigenvalue weighted by molar-refractivity contribution is -0.133. The summed E-state index contributed by atoms with van der Waals surface area (Å²) in [4.78, 5) is 48.1. The smallest absolute Gasteiger partial charge is 0.244 e. The summed E-state index contributed by atoms with van der Waals surface area (Å²) in [6, 6.07) is 14.1.